The van der Waals surface area contributed by atoms with Gasteiger partial charge in [0, 0.05) is 31.2 Å². The summed E-state index contributed by atoms with van der Waals surface area (Å²) in [5, 5.41) is 7.04. The first-order chi connectivity index (χ1) is 13.3. The van der Waals surface area contributed by atoms with E-state index in [1.165, 1.54) is 51.7 Å². The Kier molecular flexibility index (Phi) is 7.81. The van der Waals surface area contributed by atoms with Crippen molar-refractivity contribution in [2.75, 3.05) is 32.8 Å². The molecule has 0 spiro atoms. The maximum atomic E-state index is 6.02. The van der Waals surface area contributed by atoms with E-state index in [0.29, 0.717) is 12.6 Å². The van der Waals surface area contributed by atoms with Gasteiger partial charge in [-0.05, 0) is 57.6 Å². The molecule has 150 valence electrons. The fraction of sp³-hybridized carbons (Fsp3) is 0.682. The molecule has 1 saturated carbocycles. The maximum Gasteiger partial charge on any atom is 0.191 e. The number of benzene rings is 1. The third-order valence-corrected chi connectivity index (χ3v) is 5.36. The summed E-state index contributed by atoms with van der Waals surface area (Å²) in [5.74, 6) is 2.67. The van der Waals surface area contributed by atoms with E-state index in [1.807, 2.05) is 6.07 Å². The van der Waals surface area contributed by atoms with E-state index >= 15 is 0 Å². The average Bonchev–Trinajstić information content (AvgIpc) is 3.51. The molecule has 1 saturated heterocycles. The molecule has 5 nitrogen and oxygen atoms in total. The van der Waals surface area contributed by atoms with Gasteiger partial charge in [-0.3, -0.25) is 0 Å². The molecule has 2 fully saturated rings. The second kappa shape index (κ2) is 10.5. The number of piperidine rings is 1. The highest BCUT2D eigenvalue weighted by Gasteiger charge is 2.22. The maximum absolute atomic E-state index is 6.02. The third kappa shape index (κ3) is 6.73. The van der Waals surface area contributed by atoms with Crippen LogP contribution in [0.25, 0.3) is 0 Å². The normalized spacial score (nSPS) is 19.1. The summed E-state index contributed by atoms with van der Waals surface area (Å²) in [5.41, 5.74) is 1.16. The molecule has 1 aromatic carbocycles. The van der Waals surface area contributed by atoms with Gasteiger partial charge in [-0.2, -0.15) is 0 Å². The molecule has 0 amide bonds. The van der Waals surface area contributed by atoms with E-state index < -0.39 is 0 Å². The topological polar surface area (TPSA) is 48.9 Å². The van der Waals surface area contributed by atoms with Crippen LogP contribution in [0.5, 0.6) is 5.75 Å². The number of nitrogens with zero attached hydrogens (tertiary/aromatic N) is 2. The highest BCUT2D eigenvalue weighted by molar-refractivity contribution is 5.80. The Balaban J connectivity index is 1.54. The number of hydrogen-bond donors (Lipinski definition) is 2. The Labute approximate surface area is 164 Å². The summed E-state index contributed by atoms with van der Waals surface area (Å²) in [7, 11) is 0. The van der Waals surface area contributed by atoms with Gasteiger partial charge < -0.3 is 20.3 Å². The average molecular weight is 373 g/mol. The Morgan fingerprint density at radius 2 is 1.93 bits per heavy atom. The van der Waals surface area contributed by atoms with Crippen molar-refractivity contribution in [3.8, 4) is 5.75 Å². The second-order valence-electron chi connectivity index (χ2n) is 7.82. The van der Waals surface area contributed by atoms with Crippen LogP contribution in [-0.4, -0.2) is 49.7 Å². The Hall–Kier alpha value is -1.75. The van der Waals surface area contributed by atoms with Gasteiger partial charge in [-0.15, -0.1) is 0 Å². The molecule has 1 aliphatic heterocycles. The molecule has 3 rings (SSSR count). The molecule has 0 bridgehead atoms. The van der Waals surface area contributed by atoms with Crippen LogP contribution in [0.4, 0.5) is 0 Å². The molecule has 0 aromatic heterocycles. The molecule has 0 radical (unpaired) electrons. The first-order valence-corrected chi connectivity index (χ1v) is 10.8. The van der Waals surface area contributed by atoms with E-state index in [4.69, 9.17) is 9.73 Å². The lowest BCUT2D eigenvalue weighted by molar-refractivity contribution is 0.206. The molecular formula is C22H36N4O. The molecular weight excluding hydrogens is 336 g/mol. The van der Waals surface area contributed by atoms with Crippen LogP contribution >= 0.6 is 0 Å². The summed E-state index contributed by atoms with van der Waals surface area (Å²) in [4.78, 5) is 7.40. The second-order valence-corrected chi connectivity index (χ2v) is 7.82. The van der Waals surface area contributed by atoms with E-state index in [1.54, 1.807) is 0 Å². The Morgan fingerprint density at radius 3 is 2.63 bits per heavy atom. The van der Waals surface area contributed by atoms with Crippen molar-refractivity contribution in [3.05, 3.63) is 29.8 Å². The number of likely N-dealkylation sites (tertiary alicyclic amines) is 1. The fourth-order valence-electron chi connectivity index (χ4n) is 3.56. The zero-order chi connectivity index (χ0) is 18.9. The molecule has 27 heavy (non-hydrogen) atoms. The van der Waals surface area contributed by atoms with Crippen molar-refractivity contribution in [1.29, 1.82) is 0 Å². The number of aliphatic imine (C=N–C) groups is 1. The van der Waals surface area contributed by atoms with Gasteiger partial charge >= 0.3 is 0 Å². The van der Waals surface area contributed by atoms with Gasteiger partial charge in [0.25, 0.3) is 0 Å². The molecule has 2 aliphatic rings. The van der Waals surface area contributed by atoms with Crippen molar-refractivity contribution < 1.29 is 4.74 Å². The number of guanidine groups is 1. The van der Waals surface area contributed by atoms with Crippen molar-refractivity contribution >= 4 is 5.96 Å². The lowest BCUT2D eigenvalue weighted by Gasteiger charge is -2.32. The van der Waals surface area contributed by atoms with E-state index in [-0.39, 0.29) is 0 Å². The minimum atomic E-state index is 0.511. The number of rotatable bonds is 9. The first-order valence-electron chi connectivity index (χ1n) is 10.8. The van der Waals surface area contributed by atoms with Crippen LogP contribution < -0.4 is 15.4 Å². The van der Waals surface area contributed by atoms with Gasteiger partial charge in [0.05, 0.1) is 13.2 Å². The van der Waals surface area contributed by atoms with Crippen LogP contribution in [0.1, 0.15) is 51.5 Å². The van der Waals surface area contributed by atoms with E-state index in [0.717, 1.165) is 36.3 Å². The van der Waals surface area contributed by atoms with Crippen molar-refractivity contribution in [1.82, 2.24) is 15.5 Å². The highest BCUT2D eigenvalue weighted by atomic mass is 16.5. The molecule has 1 aromatic rings. The van der Waals surface area contributed by atoms with Crippen LogP contribution in [-0.2, 0) is 6.54 Å². The quantitative estimate of drug-likeness (QED) is 0.515. The molecule has 1 aliphatic carbocycles. The Morgan fingerprint density at radius 1 is 1.15 bits per heavy atom. The number of para-hydroxylation sites is 1. The highest BCUT2D eigenvalue weighted by Crippen LogP contribution is 2.30. The molecule has 1 heterocycles. The zero-order valence-electron chi connectivity index (χ0n) is 17.0. The van der Waals surface area contributed by atoms with E-state index in [9.17, 15) is 0 Å². The lowest BCUT2D eigenvalue weighted by Crippen LogP contribution is -2.48. The standard InChI is InChI=1S/C22H36N4O/c1-3-13-26-14-11-20(12-15-26)25-22(23-4-2)24-16-19-7-5-6-8-21(19)27-17-18-9-10-18/h5-8,18,20H,3-4,9-17H2,1-2H3,(H2,23,24,25). The van der Waals surface area contributed by atoms with Gasteiger partial charge in [-0.1, -0.05) is 25.1 Å². The third-order valence-electron chi connectivity index (χ3n) is 5.36. The van der Waals surface area contributed by atoms with Crippen molar-refractivity contribution in [2.24, 2.45) is 10.9 Å². The summed E-state index contributed by atoms with van der Waals surface area (Å²) in [6.07, 6.45) is 6.24. The van der Waals surface area contributed by atoms with Crippen molar-refractivity contribution in [3.63, 3.8) is 0 Å². The van der Waals surface area contributed by atoms with Crippen molar-refractivity contribution in [2.45, 2.75) is 58.5 Å². The minimum absolute atomic E-state index is 0.511. The molecule has 2 N–H and O–H groups in total. The summed E-state index contributed by atoms with van der Waals surface area (Å²) in [6, 6.07) is 8.81. The molecule has 0 atom stereocenters. The SMILES string of the molecule is CCCN1CCC(NC(=NCc2ccccc2OCC2CC2)NCC)CC1. The number of ether oxygens (including phenoxy) is 1. The molecule has 5 heteroatoms. The number of hydrogen-bond acceptors (Lipinski definition) is 3. The van der Waals surface area contributed by atoms with Crippen LogP contribution in [0.15, 0.2) is 29.3 Å². The van der Waals surface area contributed by atoms with E-state index in [2.05, 4.69) is 47.6 Å². The summed E-state index contributed by atoms with van der Waals surface area (Å²) < 4.78 is 6.02. The summed E-state index contributed by atoms with van der Waals surface area (Å²) >= 11 is 0. The number of nitrogens with one attached hydrogen (secondary N) is 2. The Bertz CT molecular complexity index is 592. The van der Waals surface area contributed by atoms with Gasteiger partial charge in [-0.25, -0.2) is 4.99 Å². The predicted molar refractivity (Wildman–Crippen MR) is 112 cm³/mol. The monoisotopic (exact) mass is 372 g/mol. The van der Waals surface area contributed by atoms with Crippen LogP contribution in [0.3, 0.4) is 0 Å². The predicted octanol–water partition coefficient (Wildman–Crippen LogP) is 3.40. The van der Waals surface area contributed by atoms with Crippen LogP contribution in [0, 0.1) is 5.92 Å². The largest absolute Gasteiger partial charge is 0.493 e. The van der Waals surface area contributed by atoms with Crippen LogP contribution in [0.2, 0.25) is 0 Å². The van der Waals surface area contributed by atoms with Gasteiger partial charge in [0.15, 0.2) is 5.96 Å². The summed E-state index contributed by atoms with van der Waals surface area (Å²) in [6.45, 7) is 10.3. The lowest BCUT2D eigenvalue weighted by atomic mass is 10.1. The molecule has 0 unspecified atom stereocenters. The first kappa shape index (κ1) is 20.0. The minimum Gasteiger partial charge on any atom is -0.493 e. The van der Waals surface area contributed by atoms with Gasteiger partial charge in [0.2, 0.25) is 0 Å². The fourth-order valence-corrected chi connectivity index (χ4v) is 3.56. The van der Waals surface area contributed by atoms with Gasteiger partial charge in [0.1, 0.15) is 5.75 Å². The smallest absolute Gasteiger partial charge is 0.191 e. The zero-order valence-corrected chi connectivity index (χ0v) is 17.0.